The second-order valence-corrected chi connectivity index (χ2v) is 3.54. The molecule has 2 rings (SSSR count). The van der Waals surface area contributed by atoms with Crippen LogP contribution in [0.2, 0.25) is 0 Å². The molecule has 0 aliphatic heterocycles. The zero-order chi connectivity index (χ0) is 12.6. The molecule has 0 saturated carbocycles. The van der Waals surface area contributed by atoms with Gasteiger partial charge in [0.25, 0.3) is 5.69 Å². The fraction of sp³-hybridized carbons (Fsp3) is 0.0909. The molecule has 17 heavy (non-hydrogen) atoms. The number of pyridine rings is 1. The molecule has 0 fully saturated rings. The molecule has 1 aromatic carbocycles. The summed E-state index contributed by atoms with van der Waals surface area (Å²) in [5, 5.41) is 20.1. The maximum atomic E-state index is 10.9. The van der Waals surface area contributed by atoms with E-state index in [0.717, 1.165) is 5.69 Å². The Bertz CT molecular complexity index is 637. The molecule has 0 spiro atoms. The van der Waals surface area contributed by atoms with Crippen LogP contribution < -0.4 is 0 Å². The van der Waals surface area contributed by atoms with Crippen molar-refractivity contribution < 1.29 is 14.8 Å². The van der Waals surface area contributed by atoms with E-state index in [1.165, 1.54) is 18.2 Å². The highest BCUT2D eigenvalue weighted by Gasteiger charge is 2.23. The summed E-state index contributed by atoms with van der Waals surface area (Å²) in [5.41, 5.74) is 0.396. The molecule has 1 heterocycles. The van der Waals surface area contributed by atoms with Crippen molar-refractivity contribution in [1.29, 1.82) is 0 Å². The van der Waals surface area contributed by atoms with Crippen LogP contribution in [0.4, 0.5) is 5.69 Å². The maximum Gasteiger partial charge on any atom is 0.342 e. The molecule has 0 amide bonds. The lowest BCUT2D eigenvalue weighted by Crippen LogP contribution is -2.03. The van der Waals surface area contributed by atoms with Crippen LogP contribution in [0.1, 0.15) is 16.1 Å². The number of nitro groups is 1. The summed E-state index contributed by atoms with van der Waals surface area (Å²) in [6.07, 6.45) is 0. The van der Waals surface area contributed by atoms with Gasteiger partial charge in [0.05, 0.1) is 15.8 Å². The number of nitro benzene ring substituents is 1. The third kappa shape index (κ3) is 1.80. The molecule has 86 valence electrons. The molecule has 2 aromatic rings. The first-order chi connectivity index (χ1) is 8.00. The molecule has 1 N–H and O–H groups in total. The van der Waals surface area contributed by atoms with E-state index < -0.39 is 16.6 Å². The van der Waals surface area contributed by atoms with Crippen molar-refractivity contribution in [2.75, 3.05) is 0 Å². The van der Waals surface area contributed by atoms with E-state index in [1.807, 2.05) is 0 Å². The number of aryl methyl sites for hydroxylation is 1. The number of benzene rings is 1. The van der Waals surface area contributed by atoms with Crippen molar-refractivity contribution in [3.05, 3.63) is 45.6 Å². The average Bonchev–Trinajstić information content (AvgIpc) is 2.26. The summed E-state index contributed by atoms with van der Waals surface area (Å²) >= 11 is 0. The molecule has 6 heteroatoms. The van der Waals surface area contributed by atoms with Crippen LogP contribution in [0.5, 0.6) is 0 Å². The summed E-state index contributed by atoms with van der Waals surface area (Å²) in [6.45, 7) is 1.76. The number of aromatic carboxylic acids is 1. The SMILES string of the molecule is Cc1ccc2c([N+](=O)[O-])c(C(=O)O)ccc2n1. The number of rotatable bonds is 2. The van der Waals surface area contributed by atoms with E-state index in [9.17, 15) is 14.9 Å². The molecule has 0 bridgehead atoms. The summed E-state index contributed by atoms with van der Waals surface area (Å²) in [7, 11) is 0. The number of hydrogen-bond acceptors (Lipinski definition) is 4. The Balaban J connectivity index is 2.89. The van der Waals surface area contributed by atoms with Gasteiger partial charge in [-0.3, -0.25) is 15.1 Å². The van der Waals surface area contributed by atoms with Crippen molar-refractivity contribution in [3.8, 4) is 0 Å². The van der Waals surface area contributed by atoms with Gasteiger partial charge < -0.3 is 5.11 Å². The van der Waals surface area contributed by atoms with Crippen LogP contribution in [-0.2, 0) is 0 Å². The first-order valence-electron chi connectivity index (χ1n) is 4.79. The summed E-state index contributed by atoms with van der Waals surface area (Å²) < 4.78 is 0. The molecule has 0 radical (unpaired) electrons. The van der Waals surface area contributed by atoms with E-state index in [2.05, 4.69) is 4.98 Å². The first-order valence-corrected chi connectivity index (χ1v) is 4.79. The smallest absolute Gasteiger partial charge is 0.342 e. The Morgan fingerprint density at radius 1 is 1.35 bits per heavy atom. The van der Waals surface area contributed by atoms with Gasteiger partial charge in [0, 0.05) is 5.69 Å². The van der Waals surface area contributed by atoms with Gasteiger partial charge in [-0.05, 0) is 31.2 Å². The van der Waals surface area contributed by atoms with Crippen LogP contribution in [0.15, 0.2) is 24.3 Å². The minimum Gasteiger partial charge on any atom is -0.477 e. The second kappa shape index (κ2) is 3.82. The van der Waals surface area contributed by atoms with Gasteiger partial charge in [-0.2, -0.15) is 0 Å². The standard InChI is InChI=1S/C11H8N2O4/c1-6-2-3-7-9(12-6)5-4-8(11(14)15)10(7)13(16)17/h2-5H,1H3,(H,14,15). The van der Waals surface area contributed by atoms with Crippen LogP contribution in [0, 0.1) is 17.0 Å². The van der Waals surface area contributed by atoms with Crippen molar-refractivity contribution in [2.45, 2.75) is 6.92 Å². The highest BCUT2D eigenvalue weighted by Crippen LogP contribution is 2.28. The monoisotopic (exact) mass is 232 g/mol. The van der Waals surface area contributed by atoms with Crippen LogP contribution in [0.25, 0.3) is 10.9 Å². The third-order valence-corrected chi connectivity index (χ3v) is 2.40. The normalized spacial score (nSPS) is 10.4. The van der Waals surface area contributed by atoms with Gasteiger partial charge in [0.2, 0.25) is 0 Å². The quantitative estimate of drug-likeness (QED) is 0.632. The molecule has 0 unspecified atom stereocenters. The fourth-order valence-electron chi connectivity index (χ4n) is 1.66. The number of carboxylic acid groups (broad SMARTS) is 1. The molecular weight excluding hydrogens is 224 g/mol. The van der Waals surface area contributed by atoms with Gasteiger partial charge in [-0.1, -0.05) is 0 Å². The number of carbonyl (C=O) groups is 1. The highest BCUT2D eigenvalue weighted by molar-refractivity contribution is 6.01. The van der Waals surface area contributed by atoms with Crippen molar-refractivity contribution in [2.24, 2.45) is 0 Å². The summed E-state index contributed by atoms with van der Waals surface area (Å²) in [5.74, 6) is -1.32. The molecule has 0 aliphatic rings. The van der Waals surface area contributed by atoms with Crippen molar-refractivity contribution in [3.63, 3.8) is 0 Å². The Morgan fingerprint density at radius 2 is 2.06 bits per heavy atom. The van der Waals surface area contributed by atoms with E-state index in [0.29, 0.717) is 5.52 Å². The predicted octanol–water partition coefficient (Wildman–Crippen LogP) is 2.15. The van der Waals surface area contributed by atoms with E-state index in [-0.39, 0.29) is 10.9 Å². The lowest BCUT2D eigenvalue weighted by atomic mass is 10.1. The Kier molecular flexibility index (Phi) is 2.47. The molecule has 0 saturated heterocycles. The van der Waals surface area contributed by atoms with E-state index >= 15 is 0 Å². The lowest BCUT2D eigenvalue weighted by Gasteiger charge is -2.03. The largest absolute Gasteiger partial charge is 0.477 e. The molecule has 1 aromatic heterocycles. The fourth-order valence-corrected chi connectivity index (χ4v) is 1.66. The third-order valence-electron chi connectivity index (χ3n) is 2.40. The number of hydrogen-bond donors (Lipinski definition) is 1. The number of nitrogens with zero attached hydrogens (tertiary/aromatic N) is 2. The topological polar surface area (TPSA) is 93.3 Å². The maximum absolute atomic E-state index is 10.9. The Labute approximate surface area is 95.7 Å². The van der Waals surface area contributed by atoms with Crippen LogP contribution >= 0.6 is 0 Å². The predicted molar refractivity (Wildman–Crippen MR) is 60.1 cm³/mol. The number of fused-ring (bicyclic) bond motifs is 1. The molecule has 6 nitrogen and oxygen atoms in total. The zero-order valence-corrected chi connectivity index (χ0v) is 8.88. The van der Waals surface area contributed by atoms with Crippen LogP contribution in [-0.4, -0.2) is 21.0 Å². The second-order valence-electron chi connectivity index (χ2n) is 3.54. The van der Waals surface area contributed by atoms with Gasteiger partial charge in [0.1, 0.15) is 5.56 Å². The number of carboxylic acids is 1. The average molecular weight is 232 g/mol. The van der Waals surface area contributed by atoms with E-state index in [4.69, 9.17) is 5.11 Å². The first kappa shape index (κ1) is 11.0. The molecule has 0 atom stereocenters. The Morgan fingerprint density at radius 3 is 2.65 bits per heavy atom. The minimum absolute atomic E-state index is 0.237. The Hall–Kier alpha value is -2.50. The van der Waals surface area contributed by atoms with E-state index in [1.54, 1.807) is 13.0 Å². The lowest BCUT2D eigenvalue weighted by molar-refractivity contribution is -0.383. The minimum atomic E-state index is -1.32. The van der Waals surface area contributed by atoms with Crippen LogP contribution in [0.3, 0.4) is 0 Å². The summed E-state index contributed by atoms with van der Waals surface area (Å²) in [4.78, 5) is 25.3. The number of aromatic nitrogens is 1. The van der Waals surface area contributed by atoms with Gasteiger partial charge in [0.15, 0.2) is 0 Å². The highest BCUT2D eigenvalue weighted by atomic mass is 16.6. The molecular formula is C11H8N2O4. The summed E-state index contributed by atoms with van der Waals surface area (Å²) in [6, 6.07) is 5.80. The molecule has 0 aliphatic carbocycles. The van der Waals surface area contributed by atoms with Gasteiger partial charge >= 0.3 is 5.97 Å². The van der Waals surface area contributed by atoms with Gasteiger partial charge in [-0.15, -0.1) is 0 Å². The van der Waals surface area contributed by atoms with Crippen molar-refractivity contribution >= 4 is 22.6 Å². The zero-order valence-electron chi connectivity index (χ0n) is 8.88. The van der Waals surface area contributed by atoms with Crippen molar-refractivity contribution in [1.82, 2.24) is 4.98 Å². The van der Waals surface area contributed by atoms with Gasteiger partial charge in [-0.25, -0.2) is 4.79 Å².